The van der Waals surface area contributed by atoms with Crippen LogP contribution in [0.3, 0.4) is 0 Å². The Balaban J connectivity index is 1.52. The Labute approximate surface area is 189 Å². The minimum atomic E-state index is 0.120. The molecule has 0 unspecified atom stereocenters. The number of fused-ring (bicyclic) bond motifs is 1. The summed E-state index contributed by atoms with van der Waals surface area (Å²) in [6, 6.07) is 12.0. The fourth-order valence-electron chi connectivity index (χ4n) is 4.11. The summed E-state index contributed by atoms with van der Waals surface area (Å²) < 4.78 is 5.33. The normalized spacial score (nSPS) is 13.4. The first-order valence-electron chi connectivity index (χ1n) is 10.9. The number of benzene rings is 1. The average molecular weight is 432 g/mol. The van der Waals surface area contributed by atoms with E-state index in [9.17, 15) is 4.79 Å². The van der Waals surface area contributed by atoms with E-state index in [-0.39, 0.29) is 5.91 Å². The Hall–Kier alpha value is -3.32. The molecule has 0 N–H and O–H groups in total. The quantitative estimate of drug-likeness (QED) is 0.545. The van der Waals surface area contributed by atoms with Crippen molar-refractivity contribution >= 4 is 11.7 Å². The van der Waals surface area contributed by atoms with Gasteiger partial charge in [-0.15, -0.1) is 0 Å². The van der Waals surface area contributed by atoms with Crippen LogP contribution < -0.4 is 9.64 Å². The summed E-state index contributed by atoms with van der Waals surface area (Å²) in [5, 5.41) is 0. The van der Waals surface area contributed by atoms with Crippen LogP contribution in [0.4, 0.5) is 5.82 Å². The maximum absolute atomic E-state index is 12.8. The van der Waals surface area contributed by atoms with E-state index in [2.05, 4.69) is 16.0 Å². The van der Waals surface area contributed by atoms with Crippen molar-refractivity contribution in [3.63, 3.8) is 0 Å². The Bertz CT molecular complexity index is 1090. The molecule has 0 bridgehead atoms. The van der Waals surface area contributed by atoms with Gasteiger partial charge < -0.3 is 4.74 Å². The zero-order valence-electron chi connectivity index (χ0n) is 18.9. The molecule has 7 nitrogen and oxygen atoms in total. The monoisotopic (exact) mass is 431 g/mol. The number of amides is 1. The highest BCUT2D eigenvalue weighted by Gasteiger charge is 2.28. The van der Waals surface area contributed by atoms with Crippen molar-refractivity contribution in [1.82, 2.24) is 19.9 Å². The second kappa shape index (κ2) is 9.87. The van der Waals surface area contributed by atoms with Gasteiger partial charge >= 0.3 is 0 Å². The van der Waals surface area contributed by atoms with Crippen molar-refractivity contribution in [2.45, 2.75) is 39.3 Å². The van der Waals surface area contributed by atoms with Crippen LogP contribution in [-0.4, -0.2) is 46.5 Å². The number of carbonyl (C=O) groups is 1. The zero-order chi connectivity index (χ0) is 22.5. The molecular formula is C25H29N5O2. The fraction of sp³-hybridized carbons (Fsp3) is 0.360. The van der Waals surface area contributed by atoms with Crippen molar-refractivity contribution in [3.05, 3.63) is 77.0 Å². The lowest BCUT2D eigenvalue weighted by atomic mass is 10.0. The first-order chi connectivity index (χ1) is 15.5. The zero-order valence-corrected chi connectivity index (χ0v) is 18.9. The summed E-state index contributed by atoms with van der Waals surface area (Å²) in [7, 11) is 3.71. The van der Waals surface area contributed by atoms with Gasteiger partial charge in [0.1, 0.15) is 17.4 Å². The minimum absolute atomic E-state index is 0.120. The molecule has 0 fully saturated rings. The van der Waals surface area contributed by atoms with Crippen molar-refractivity contribution < 1.29 is 9.53 Å². The number of pyridine rings is 1. The van der Waals surface area contributed by atoms with Crippen LogP contribution in [0.5, 0.6) is 5.75 Å². The molecule has 2 aromatic heterocycles. The van der Waals surface area contributed by atoms with Gasteiger partial charge in [-0.05, 0) is 62.2 Å². The fourth-order valence-corrected chi connectivity index (χ4v) is 4.11. The van der Waals surface area contributed by atoms with Gasteiger partial charge in [0.25, 0.3) is 0 Å². The van der Waals surface area contributed by atoms with Crippen LogP contribution in [0.15, 0.2) is 48.8 Å². The summed E-state index contributed by atoms with van der Waals surface area (Å²) in [6.45, 7) is 3.99. The molecule has 1 aromatic carbocycles. The number of nitrogens with zero attached hydrogens (tertiary/aromatic N) is 5. The molecule has 3 heterocycles. The van der Waals surface area contributed by atoms with Crippen molar-refractivity contribution in [1.29, 1.82) is 0 Å². The van der Waals surface area contributed by atoms with E-state index in [0.29, 0.717) is 25.9 Å². The van der Waals surface area contributed by atoms with Crippen LogP contribution in [-0.2, 0) is 30.7 Å². The Morgan fingerprint density at radius 3 is 2.66 bits per heavy atom. The summed E-state index contributed by atoms with van der Waals surface area (Å²) >= 11 is 0. The van der Waals surface area contributed by atoms with Gasteiger partial charge in [-0.2, -0.15) is 0 Å². The molecule has 7 heteroatoms. The molecule has 3 aromatic rings. The summed E-state index contributed by atoms with van der Waals surface area (Å²) in [6.07, 6.45) is 5.53. The highest BCUT2D eigenvalue weighted by Crippen LogP contribution is 2.28. The molecule has 0 atom stereocenters. The molecule has 1 amide bonds. The van der Waals surface area contributed by atoms with Gasteiger partial charge in [0.05, 0.1) is 13.7 Å². The molecule has 4 rings (SSSR count). The summed E-state index contributed by atoms with van der Waals surface area (Å²) in [4.78, 5) is 30.5. The maximum atomic E-state index is 12.8. The van der Waals surface area contributed by atoms with Gasteiger partial charge in [-0.3, -0.25) is 19.6 Å². The van der Waals surface area contributed by atoms with E-state index in [4.69, 9.17) is 14.7 Å². The number of hydrogen-bond donors (Lipinski definition) is 0. The number of aromatic nitrogens is 3. The lowest BCUT2D eigenvalue weighted by Gasteiger charge is -2.30. The Morgan fingerprint density at radius 2 is 1.88 bits per heavy atom. The van der Waals surface area contributed by atoms with Crippen LogP contribution in [0.2, 0.25) is 0 Å². The smallest absolute Gasteiger partial charge is 0.228 e. The first-order valence-corrected chi connectivity index (χ1v) is 10.9. The molecule has 0 spiro atoms. The molecule has 0 saturated carbocycles. The van der Waals surface area contributed by atoms with Crippen LogP contribution in [0.1, 0.15) is 34.6 Å². The Morgan fingerprint density at radius 1 is 1.06 bits per heavy atom. The van der Waals surface area contributed by atoms with E-state index in [0.717, 1.165) is 47.2 Å². The number of rotatable bonds is 8. The molecule has 166 valence electrons. The topological polar surface area (TPSA) is 71.5 Å². The van der Waals surface area contributed by atoms with Gasteiger partial charge in [0.15, 0.2) is 0 Å². The van der Waals surface area contributed by atoms with Crippen LogP contribution >= 0.6 is 0 Å². The van der Waals surface area contributed by atoms with E-state index >= 15 is 0 Å². The lowest BCUT2D eigenvalue weighted by Crippen LogP contribution is -2.38. The summed E-state index contributed by atoms with van der Waals surface area (Å²) in [5.41, 5.74) is 4.36. The first kappa shape index (κ1) is 21.9. The van der Waals surface area contributed by atoms with E-state index in [1.807, 2.05) is 49.2 Å². The largest absolute Gasteiger partial charge is 0.497 e. The predicted octanol–water partition coefficient (Wildman–Crippen LogP) is 3.34. The SMILES string of the molecule is COc1cccc(CCN2C(=O)CCc3c(C)nc(CN(C)Cc4ccncc4)nc32)c1. The molecule has 0 saturated heterocycles. The third-order valence-corrected chi connectivity index (χ3v) is 5.76. The molecule has 0 radical (unpaired) electrons. The van der Waals surface area contributed by atoms with Gasteiger partial charge in [-0.1, -0.05) is 12.1 Å². The molecule has 1 aliphatic heterocycles. The standard InChI is InChI=1S/C25H29N5O2/c1-18-22-7-8-24(31)30(14-11-19-5-4-6-21(15-19)32-3)25(22)28-23(27-18)17-29(2)16-20-9-12-26-13-10-20/h4-6,9-10,12-13,15H,7-8,11,14,16-17H2,1-3H3. The molecule has 1 aliphatic rings. The molecule has 0 aliphatic carbocycles. The second-order valence-corrected chi connectivity index (χ2v) is 8.20. The highest BCUT2D eigenvalue weighted by atomic mass is 16.5. The lowest BCUT2D eigenvalue weighted by molar-refractivity contribution is -0.118. The van der Waals surface area contributed by atoms with Crippen LogP contribution in [0.25, 0.3) is 0 Å². The number of ether oxygens (including phenoxy) is 1. The molecule has 32 heavy (non-hydrogen) atoms. The third-order valence-electron chi connectivity index (χ3n) is 5.76. The number of methoxy groups -OCH3 is 1. The van der Waals surface area contributed by atoms with E-state index in [1.165, 1.54) is 5.56 Å². The second-order valence-electron chi connectivity index (χ2n) is 8.20. The number of carbonyl (C=O) groups excluding carboxylic acids is 1. The molecular weight excluding hydrogens is 402 g/mol. The number of hydrogen-bond acceptors (Lipinski definition) is 6. The predicted molar refractivity (Wildman–Crippen MR) is 124 cm³/mol. The van der Waals surface area contributed by atoms with Crippen molar-refractivity contribution in [2.75, 3.05) is 25.6 Å². The maximum Gasteiger partial charge on any atom is 0.228 e. The van der Waals surface area contributed by atoms with Gasteiger partial charge in [0.2, 0.25) is 5.91 Å². The van der Waals surface area contributed by atoms with Gasteiger partial charge in [-0.25, -0.2) is 9.97 Å². The van der Waals surface area contributed by atoms with Crippen molar-refractivity contribution in [2.24, 2.45) is 0 Å². The Kier molecular flexibility index (Phi) is 6.75. The van der Waals surface area contributed by atoms with E-state index < -0.39 is 0 Å². The average Bonchev–Trinajstić information content (AvgIpc) is 2.79. The number of aryl methyl sites for hydroxylation is 1. The van der Waals surface area contributed by atoms with E-state index in [1.54, 1.807) is 19.5 Å². The van der Waals surface area contributed by atoms with Gasteiger partial charge in [0, 0.05) is 43.2 Å². The number of anilines is 1. The van der Waals surface area contributed by atoms with Crippen molar-refractivity contribution in [3.8, 4) is 5.75 Å². The third kappa shape index (κ3) is 5.11. The summed E-state index contributed by atoms with van der Waals surface area (Å²) in [5.74, 6) is 2.45. The van der Waals surface area contributed by atoms with Crippen LogP contribution in [0, 0.1) is 6.92 Å². The highest BCUT2D eigenvalue weighted by molar-refractivity contribution is 5.95. The minimum Gasteiger partial charge on any atom is -0.497 e.